The lowest BCUT2D eigenvalue weighted by Gasteiger charge is -2.27. The molecule has 2 heteroatoms. The number of nitrogens with two attached hydrogens (primary N) is 1. The second-order valence-corrected chi connectivity index (χ2v) is 5.85. The van der Waals surface area contributed by atoms with Gasteiger partial charge in [-0.15, -0.1) is 0 Å². The van der Waals surface area contributed by atoms with Crippen LogP contribution in [0.15, 0.2) is 24.3 Å². The van der Waals surface area contributed by atoms with Crippen LogP contribution >= 0.6 is 0 Å². The van der Waals surface area contributed by atoms with E-state index in [0.29, 0.717) is 6.04 Å². The van der Waals surface area contributed by atoms with Crippen molar-refractivity contribution in [1.29, 1.82) is 0 Å². The van der Waals surface area contributed by atoms with Crippen molar-refractivity contribution in [3.8, 4) is 0 Å². The van der Waals surface area contributed by atoms with Crippen LogP contribution in [0.3, 0.4) is 0 Å². The molecule has 0 spiro atoms. The predicted octanol–water partition coefficient (Wildman–Crippen LogP) is 3.92. The molecule has 0 radical (unpaired) electrons. The van der Waals surface area contributed by atoms with Gasteiger partial charge in [-0.3, -0.25) is 4.90 Å². The van der Waals surface area contributed by atoms with Crippen molar-refractivity contribution >= 4 is 5.69 Å². The SMILES string of the molecule is CC(C)CCCN(Cc1cccc(N)c1)C(C)C. The minimum Gasteiger partial charge on any atom is -0.399 e. The Morgan fingerprint density at radius 2 is 1.89 bits per heavy atom. The predicted molar refractivity (Wildman–Crippen MR) is 80.5 cm³/mol. The molecule has 0 saturated heterocycles. The van der Waals surface area contributed by atoms with E-state index in [-0.39, 0.29) is 0 Å². The molecule has 1 rings (SSSR count). The van der Waals surface area contributed by atoms with E-state index in [9.17, 15) is 0 Å². The molecule has 1 aromatic carbocycles. The van der Waals surface area contributed by atoms with E-state index >= 15 is 0 Å². The summed E-state index contributed by atoms with van der Waals surface area (Å²) in [4.78, 5) is 2.52. The van der Waals surface area contributed by atoms with Gasteiger partial charge in [0.2, 0.25) is 0 Å². The van der Waals surface area contributed by atoms with E-state index in [2.05, 4.69) is 44.7 Å². The molecule has 1 aromatic rings. The van der Waals surface area contributed by atoms with Crippen molar-refractivity contribution in [3.05, 3.63) is 29.8 Å². The van der Waals surface area contributed by atoms with Crippen molar-refractivity contribution in [2.24, 2.45) is 5.92 Å². The summed E-state index contributed by atoms with van der Waals surface area (Å²) in [7, 11) is 0. The van der Waals surface area contributed by atoms with Gasteiger partial charge in [0.25, 0.3) is 0 Å². The van der Waals surface area contributed by atoms with E-state index in [4.69, 9.17) is 5.73 Å². The van der Waals surface area contributed by atoms with Crippen molar-refractivity contribution in [2.75, 3.05) is 12.3 Å². The molecule has 0 bridgehead atoms. The summed E-state index contributed by atoms with van der Waals surface area (Å²) in [6.07, 6.45) is 2.58. The molecule has 0 aliphatic rings. The van der Waals surface area contributed by atoms with Crippen LogP contribution in [0.1, 0.15) is 46.1 Å². The zero-order valence-corrected chi connectivity index (χ0v) is 12.3. The number of nitrogens with zero attached hydrogens (tertiary/aromatic N) is 1. The highest BCUT2D eigenvalue weighted by Crippen LogP contribution is 2.13. The Morgan fingerprint density at radius 3 is 2.44 bits per heavy atom. The lowest BCUT2D eigenvalue weighted by molar-refractivity contribution is 0.205. The van der Waals surface area contributed by atoms with E-state index in [0.717, 1.165) is 18.2 Å². The third-order valence-electron chi connectivity index (χ3n) is 3.29. The van der Waals surface area contributed by atoms with Gasteiger partial charge < -0.3 is 5.73 Å². The fraction of sp³-hybridized carbons (Fsp3) is 0.625. The number of benzene rings is 1. The molecule has 0 aromatic heterocycles. The van der Waals surface area contributed by atoms with Gasteiger partial charge in [0.05, 0.1) is 0 Å². The molecule has 0 heterocycles. The summed E-state index contributed by atoms with van der Waals surface area (Å²) in [5.41, 5.74) is 8.00. The Labute approximate surface area is 112 Å². The summed E-state index contributed by atoms with van der Waals surface area (Å²) < 4.78 is 0. The molecule has 0 aliphatic heterocycles. The number of hydrogen-bond acceptors (Lipinski definition) is 2. The number of nitrogen functional groups attached to an aromatic ring is 1. The maximum atomic E-state index is 5.83. The van der Waals surface area contributed by atoms with Crippen molar-refractivity contribution in [3.63, 3.8) is 0 Å². The number of rotatable bonds is 7. The molecule has 0 atom stereocenters. The smallest absolute Gasteiger partial charge is 0.0317 e. The van der Waals surface area contributed by atoms with Gasteiger partial charge in [0, 0.05) is 18.3 Å². The Hall–Kier alpha value is -1.02. The van der Waals surface area contributed by atoms with Crippen LogP contribution < -0.4 is 5.73 Å². The maximum absolute atomic E-state index is 5.83. The van der Waals surface area contributed by atoms with Gasteiger partial charge >= 0.3 is 0 Å². The maximum Gasteiger partial charge on any atom is 0.0317 e. The van der Waals surface area contributed by atoms with Gasteiger partial charge in [0.15, 0.2) is 0 Å². The minimum absolute atomic E-state index is 0.582. The van der Waals surface area contributed by atoms with Crippen molar-refractivity contribution in [1.82, 2.24) is 4.90 Å². The average Bonchev–Trinajstić information content (AvgIpc) is 2.27. The Morgan fingerprint density at radius 1 is 1.17 bits per heavy atom. The van der Waals surface area contributed by atoms with E-state index in [1.807, 2.05) is 12.1 Å². The normalized spacial score (nSPS) is 11.7. The first kappa shape index (κ1) is 15.0. The Bertz CT molecular complexity index is 345. The second kappa shape index (κ2) is 7.42. The summed E-state index contributed by atoms with van der Waals surface area (Å²) >= 11 is 0. The zero-order chi connectivity index (χ0) is 13.5. The molecule has 0 fully saturated rings. The van der Waals surface area contributed by atoms with Crippen LogP contribution in [-0.2, 0) is 6.54 Å². The molecule has 0 saturated carbocycles. The van der Waals surface area contributed by atoms with Gasteiger partial charge in [-0.05, 0) is 56.8 Å². The molecular formula is C16H28N2. The largest absolute Gasteiger partial charge is 0.399 e. The lowest BCUT2D eigenvalue weighted by atomic mass is 10.1. The zero-order valence-electron chi connectivity index (χ0n) is 12.3. The van der Waals surface area contributed by atoms with Crippen LogP contribution in [0, 0.1) is 5.92 Å². The van der Waals surface area contributed by atoms with Crippen LogP contribution in [0.2, 0.25) is 0 Å². The minimum atomic E-state index is 0.582. The Balaban J connectivity index is 2.52. The van der Waals surface area contributed by atoms with E-state index < -0.39 is 0 Å². The molecule has 0 amide bonds. The lowest BCUT2D eigenvalue weighted by Crippen LogP contribution is -2.31. The van der Waals surface area contributed by atoms with Crippen LogP contribution in [0.4, 0.5) is 5.69 Å². The third-order valence-corrected chi connectivity index (χ3v) is 3.29. The van der Waals surface area contributed by atoms with Crippen LogP contribution in [0.5, 0.6) is 0 Å². The topological polar surface area (TPSA) is 29.3 Å². The van der Waals surface area contributed by atoms with E-state index in [1.165, 1.54) is 24.9 Å². The second-order valence-electron chi connectivity index (χ2n) is 5.85. The van der Waals surface area contributed by atoms with Crippen LogP contribution in [-0.4, -0.2) is 17.5 Å². The van der Waals surface area contributed by atoms with Crippen molar-refractivity contribution < 1.29 is 0 Å². The molecule has 0 unspecified atom stereocenters. The molecule has 2 N–H and O–H groups in total. The first-order valence-corrected chi connectivity index (χ1v) is 7.07. The van der Waals surface area contributed by atoms with Gasteiger partial charge in [-0.2, -0.15) is 0 Å². The third kappa shape index (κ3) is 5.54. The fourth-order valence-corrected chi connectivity index (χ4v) is 2.15. The average molecular weight is 248 g/mol. The molecule has 18 heavy (non-hydrogen) atoms. The molecule has 102 valence electrons. The number of hydrogen-bond donors (Lipinski definition) is 1. The first-order valence-electron chi connectivity index (χ1n) is 7.07. The number of anilines is 1. The summed E-state index contributed by atoms with van der Waals surface area (Å²) in [5.74, 6) is 0.798. The fourth-order valence-electron chi connectivity index (χ4n) is 2.15. The van der Waals surface area contributed by atoms with Crippen LogP contribution in [0.25, 0.3) is 0 Å². The quantitative estimate of drug-likeness (QED) is 0.741. The first-order chi connectivity index (χ1) is 8.49. The summed E-state index contributed by atoms with van der Waals surface area (Å²) in [6, 6.07) is 8.81. The molecule has 2 nitrogen and oxygen atoms in total. The molecular weight excluding hydrogens is 220 g/mol. The highest BCUT2D eigenvalue weighted by Gasteiger charge is 2.10. The van der Waals surface area contributed by atoms with Gasteiger partial charge in [0.1, 0.15) is 0 Å². The molecule has 0 aliphatic carbocycles. The summed E-state index contributed by atoms with van der Waals surface area (Å²) in [5, 5.41) is 0. The Kier molecular flexibility index (Phi) is 6.20. The van der Waals surface area contributed by atoms with Gasteiger partial charge in [-0.25, -0.2) is 0 Å². The monoisotopic (exact) mass is 248 g/mol. The van der Waals surface area contributed by atoms with Crippen molar-refractivity contribution in [2.45, 2.75) is 53.1 Å². The van der Waals surface area contributed by atoms with Gasteiger partial charge in [-0.1, -0.05) is 26.0 Å². The summed E-state index contributed by atoms with van der Waals surface area (Å²) in [6.45, 7) is 11.3. The highest BCUT2D eigenvalue weighted by atomic mass is 15.1. The highest BCUT2D eigenvalue weighted by molar-refractivity contribution is 5.40. The standard InChI is InChI=1S/C16H28N2/c1-13(2)7-6-10-18(14(3)4)12-15-8-5-9-16(17)11-15/h5,8-9,11,13-14H,6-7,10,12,17H2,1-4H3. The van der Waals surface area contributed by atoms with E-state index in [1.54, 1.807) is 0 Å².